The first-order valence-corrected chi connectivity index (χ1v) is 4.72. The molecule has 0 aliphatic rings. The minimum atomic E-state index is 0.0802. The molecular formula is C11H10ClNO. The summed E-state index contributed by atoms with van der Waals surface area (Å²) < 4.78 is 5.10. The molecule has 1 aromatic rings. The fourth-order valence-electron chi connectivity index (χ4n) is 0.971. The van der Waals surface area contributed by atoms with Crippen LogP contribution < -0.4 is 4.74 Å². The van der Waals surface area contributed by atoms with Gasteiger partial charge in [0.15, 0.2) is 6.61 Å². The predicted molar refractivity (Wildman–Crippen MR) is 57.3 cm³/mol. The van der Waals surface area contributed by atoms with Crippen LogP contribution in [0.2, 0.25) is 0 Å². The summed E-state index contributed by atoms with van der Waals surface area (Å²) in [6.45, 7) is 0.0802. The lowest BCUT2D eigenvalue weighted by molar-refractivity contribution is 0.368. The van der Waals surface area contributed by atoms with Crippen molar-refractivity contribution in [1.29, 1.82) is 5.26 Å². The minimum absolute atomic E-state index is 0.0802. The van der Waals surface area contributed by atoms with E-state index in [1.54, 1.807) is 0 Å². The zero-order valence-electron chi connectivity index (χ0n) is 7.61. The van der Waals surface area contributed by atoms with E-state index in [-0.39, 0.29) is 6.61 Å². The van der Waals surface area contributed by atoms with Crippen molar-refractivity contribution < 1.29 is 4.74 Å². The molecule has 0 heterocycles. The minimum Gasteiger partial charge on any atom is -0.479 e. The van der Waals surface area contributed by atoms with Crippen molar-refractivity contribution in [3.8, 4) is 11.8 Å². The Bertz CT molecular complexity index is 337. The first-order valence-electron chi connectivity index (χ1n) is 4.19. The van der Waals surface area contributed by atoms with Crippen LogP contribution >= 0.6 is 11.6 Å². The fraction of sp³-hybridized carbons (Fsp3) is 0.182. The third kappa shape index (κ3) is 3.51. The van der Waals surface area contributed by atoms with Gasteiger partial charge in [-0.1, -0.05) is 24.3 Å². The van der Waals surface area contributed by atoms with Crippen molar-refractivity contribution in [2.75, 3.05) is 12.5 Å². The zero-order chi connectivity index (χ0) is 10.2. The lowest BCUT2D eigenvalue weighted by Crippen LogP contribution is -1.92. The fourth-order valence-corrected chi connectivity index (χ4v) is 1.06. The molecule has 0 bridgehead atoms. The lowest BCUT2D eigenvalue weighted by atomic mass is 10.2. The Kier molecular flexibility index (Phi) is 4.60. The summed E-state index contributed by atoms with van der Waals surface area (Å²) in [4.78, 5) is 0. The molecule has 72 valence electrons. The standard InChI is InChI=1S/C11H10ClNO/c12-7-1-2-10-3-5-11(6-4-10)14-9-8-13/h1-6H,7,9H2. The van der Waals surface area contributed by atoms with Crippen molar-refractivity contribution in [2.45, 2.75) is 0 Å². The summed E-state index contributed by atoms with van der Waals surface area (Å²) in [7, 11) is 0. The number of hydrogen-bond donors (Lipinski definition) is 0. The Labute approximate surface area is 88.4 Å². The number of alkyl halides is 1. The molecule has 0 saturated carbocycles. The van der Waals surface area contributed by atoms with Crippen molar-refractivity contribution >= 4 is 17.7 Å². The Morgan fingerprint density at radius 1 is 1.36 bits per heavy atom. The molecule has 0 atom stereocenters. The average Bonchev–Trinajstić information content (AvgIpc) is 2.25. The normalized spacial score (nSPS) is 10.0. The molecule has 0 N–H and O–H groups in total. The van der Waals surface area contributed by atoms with E-state index in [0.717, 1.165) is 5.56 Å². The summed E-state index contributed by atoms with van der Waals surface area (Å²) in [5, 5.41) is 8.30. The molecule has 0 radical (unpaired) electrons. The van der Waals surface area contributed by atoms with Gasteiger partial charge in [0.2, 0.25) is 0 Å². The van der Waals surface area contributed by atoms with Crippen LogP contribution in [0.4, 0.5) is 0 Å². The quantitative estimate of drug-likeness (QED) is 0.712. The maximum absolute atomic E-state index is 8.30. The monoisotopic (exact) mass is 207 g/mol. The molecular weight excluding hydrogens is 198 g/mol. The molecule has 2 nitrogen and oxygen atoms in total. The van der Waals surface area contributed by atoms with E-state index in [1.807, 2.05) is 42.5 Å². The van der Waals surface area contributed by atoms with Crippen LogP contribution in [0.25, 0.3) is 6.08 Å². The molecule has 0 fully saturated rings. The number of nitrogens with zero attached hydrogens (tertiary/aromatic N) is 1. The van der Waals surface area contributed by atoms with Crippen LogP contribution in [-0.4, -0.2) is 12.5 Å². The van der Waals surface area contributed by atoms with Gasteiger partial charge in [-0.3, -0.25) is 0 Å². The molecule has 0 saturated heterocycles. The average molecular weight is 208 g/mol. The van der Waals surface area contributed by atoms with E-state index >= 15 is 0 Å². The third-order valence-corrected chi connectivity index (χ3v) is 1.76. The summed E-state index contributed by atoms with van der Waals surface area (Å²) >= 11 is 5.50. The van der Waals surface area contributed by atoms with Gasteiger partial charge in [-0.2, -0.15) is 5.26 Å². The Morgan fingerprint density at radius 3 is 2.64 bits per heavy atom. The van der Waals surface area contributed by atoms with Gasteiger partial charge in [0.25, 0.3) is 0 Å². The molecule has 0 spiro atoms. The maximum atomic E-state index is 8.30. The smallest absolute Gasteiger partial charge is 0.174 e. The van der Waals surface area contributed by atoms with E-state index in [1.165, 1.54) is 0 Å². The molecule has 1 rings (SSSR count). The predicted octanol–water partition coefficient (Wildman–Crippen LogP) is 2.84. The summed E-state index contributed by atoms with van der Waals surface area (Å²) in [5.41, 5.74) is 1.06. The number of nitriles is 1. The van der Waals surface area contributed by atoms with Crippen LogP contribution in [0, 0.1) is 11.3 Å². The van der Waals surface area contributed by atoms with Crippen molar-refractivity contribution in [2.24, 2.45) is 0 Å². The third-order valence-electron chi connectivity index (χ3n) is 1.58. The Morgan fingerprint density at radius 2 is 2.07 bits per heavy atom. The largest absolute Gasteiger partial charge is 0.479 e. The SMILES string of the molecule is N#CCOc1ccc(C=CCCl)cc1. The van der Waals surface area contributed by atoms with E-state index in [2.05, 4.69) is 0 Å². The lowest BCUT2D eigenvalue weighted by Gasteiger charge is -2.00. The van der Waals surface area contributed by atoms with Gasteiger partial charge in [-0.15, -0.1) is 11.6 Å². The van der Waals surface area contributed by atoms with E-state index in [0.29, 0.717) is 11.6 Å². The molecule has 1 aromatic carbocycles. The number of hydrogen-bond acceptors (Lipinski definition) is 2. The molecule has 3 heteroatoms. The number of rotatable bonds is 4. The number of halogens is 1. The second kappa shape index (κ2) is 6.06. The molecule has 0 aliphatic heterocycles. The summed E-state index contributed by atoms with van der Waals surface area (Å²) in [6.07, 6.45) is 3.80. The first-order chi connectivity index (χ1) is 6.86. The van der Waals surface area contributed by atoms with Crippen molar-refractivity contribution in [3.63, 3.8) is 0 Å². The topological polar surface area (TPSA) is 33.0 Å². The maximum Gasteiger partial charge on any atom is 0.174 e. The van der Waals surface area contributed by atoms with Crippen LogP contribution in [0.1, 0.15) is 5.56 Å². The van der Waals surface area contributed by atoms with Gasteiger partial charge in [0.05, 0.1) is 0 Å². The zero-order valence-corrected chi connectivity index (χ0v) is 8.37. The van der Waals surface area contributed by atoms with Crippen molar-refractivity contribution in [3.05, 3.63) is 35.9 Å². The Hall–Kier alpha value is -1.46. The van der Waals surface area contributed by atoms with Crippen LogP contribution in [-0.2, 0) is 0 Å². The number of allylic oxidation sites excluding steroid dienone is 1. The Balaban J connectivity index is 2.60. The van der Waals surface area contributed by atoms with E-state index in [4.69, 9.17) is 21.6 Å². The number of ether oxygens (including phenoxy) is 1. The summed E-state index contributed by atoms with van der Waals surface area (Å²) in [6, 6.07) is 9.39. The molecule has 0 unspecified atom stereocenters. The van der Waals surface area contributed by atoms with Crippen LogP contribution in [0.15, 0.2) is 30.3 Å². The van der Waals surface area contributed by atoms with Crippen LogP contribution in [0.3, 0.4) is 0 Å². The highest BCUT2D eigenvalue weighted by molar-refractivity contribution is 6.19. The van der Waals surface area contributed by atoms with Gasteiger partial charge in [0, 0.05) is 5.88 Å². The van der Waals surface area contributed by atoms with E-state index in [9.17, 15) is 0 Å². The highest BCUT2D eigenvalue weighted by Gasteiger charge is 1.91. The highest BCUT2D eigenvalue weighted by atomic mass is 35.5. The van der Waals surface area contributed by atoms with Gasteiger partial charge >= 0.3 is 0 Å². The van der Waals surface area contributed by atoms with Crippen molar-refractivity contribution in [1.82, 2.24) is 0 Å². The molecule has 0 aliphatic carbocycles. The number of benzene rings is 1. The van der Waals surface area contributed by atoms with Gasteiger partial charge < -0.3 is 4.74 Å². The van der Waals surface area contributed by atoms with Gasteiger partial charge in [-0.25, -0.2) is 0 Å². The molecule has 0 aromatic heterocycles. The first kappa shape index (κ1) is 10.6. The van der Waals surface area contributed by atoms with Gasteiger partial charge in [0.1, 0.15) is 11.8 Å². The van der Waals surface area contributed by atoms with Gasteiger partial charge in [-0.05, 0) is 17.7 Å². The summed E-state index contributed by atoms with van der Waals surface area (Å²) in [5.74, 6) is 1.21. The molecule has 0 amide bonds. The highest BCUT2D eigenvalue weighted by Crippen LogP contribution is 2.12. The van der Waals surface area contributed by atoms with E-state index < -0.39 is 0 Å². The second-order valence-corrected chi connectivity index (χ2v) is 2.88. The van der Waals surface area contributed by atoms with Crippen LogP contribution in [0.5, 0.6) is 5.75 Å². The second-order valence-electron chi connectivity index (χ2n) is 2.57. The molecule has 14 heavy (non-hydrogen) atoms.